The monoisotopic (exact) mass is 481 g/mol. The zero-order chi connectivity index (χ0) is 22.8. The van der Waals surface area contributed by atoms with Gasteiger partial charge in [0.05, 0.1) is 15.5 Å². The lowest BCUT2D eigenvalue weighted by Crippen LogP contribution is -2.16. The van der Waals surface area contributed by atoms with Crippen molar-refractivity contribution in [3.8, 4) is 0 Å². The summed E-state index contributed by atoms with van der Waals surface area (Å²) < 4.78 is 55.0. The maximum absolute atomic E-state index is 12.6. The number of hydrogen-bond acceptors (Lipinski definition) is 6. The first-order valence-corrected chi connectivity index (χ1v) is 12.0. The van der Waals surface area contributed by atoms with Crippen LogP contribution in [0.4, 0.5) is 17.1 Å². The Morgan fingerprint density at radius 1 is 0.839 bits per heavy atom. The summed E-state index contributed by atoms with van der Waals surface area (Å²) >= 11 is 6.01. The lowest BCUT2D eigenvalue weighted by Gasteiger charge is -2.12. The summed E-state index contributed by atoms with van der Waals surface area (Å²) in [5, 5.41) is 11.5. The second kappa shape index (κ2) is 8.53. The summed E-state index contributed by atoms with van der Waals surface area (Å²) in [6.45, 7) is 1.67. The number of benzene rings is 3. The van der Waals surface area contributed by atoms with Crippen molar-refractivity contribution >= 4 is 48.7 Å². The molecule has 3 aromatic rings. The van der Waals surface area contributed by atoms with Crippen LogP contribution in [0.1, 0.15) is 5.56 Å². The summed E-state index contributed by atoms with van der Waals surface area (Å²) in [7, 11) is -8.23. The number of anilines is 2. The molecule has 0 saturated carbocycles. The highest BCUT2D eigenvalue weighted by Crippen LogP contribution is 2.27. The number of nitrogens with zero attached hydrogens (tertiary/aromatic N) is 1. The van der Waals surface area contributed by atoms with Gasteiger partial charge in [-0.2, -0.15) is 0 Å². The van der Waals surface area contributed by atoms with Crippen LogP contribution in [-0.2, 0) is 20.0 Å². The van der Waals surface area contributed by atoms with Crippen molar-refractivity contribution in [2.75, 3.05) is 9.44 Å². The minimum atomic E-state index is -4.27. The first kappa shape index (κ1) is 22.5. The molecule has 0 fully saturated rings. The fourth-order valence-electron chi connectivity index (χ4n) is 2.67. The Bertz CT molecular complexity index is 1360. The van der Waals surface area contributed by atoms with Crippen molar-refractivity contribution in [3.63, 3.8) is 0 Å². The third-order valence-electron chi connectivity index (χ3n) is 4.28. The molecule has 9 nitrogen and oxygen atoms in total. The van der Waals surface area contributed by atoms with Gasteiger partial charge in [0.2, 0.25) is 0 Å². The summed E-state index contributed by atoms with van der Waals surface area (Å²) in [6.07, 6.45) is 0. The molecule has 12 heteroatoms. The first-order chi connectivity index (χ1) is 14.5. The molecule has 0 aliphatic carbocycles. The van der Waals surface area contributed by atoms with Crippen LogP contribution >= 0.6 is 11.6 Å². The molecule has 0 amide bonds. The van der Waals surface area contributed by atoms with Crippen molar-refractivity contribution in [2.45, 2.75) is 16.7 Å². The zero-order valence-electron chi connectivity index (χ0n) is 15.9. The summed E-state index contributed by atoms with van der Waals surface area (Å²) in [5.41, 5.74) is 0.335. The molecule has 0 aliphatic heterocycles. The Morgan fingerprint density at radius 2 is 1.48 bits per heavy atom. The quantitative estimate of drug-likeness (QED) is 0.384. The Labute approximate surface area is 183 Å². The predicted octanol–water partition coefficient (Wildman–Crippen LogP) is 4.16. The van der Waals surface area contributed by atoms with Gasteiger partial charge in [-0.05, 0) is 55.0 Å². The van der Waals surface area contributed by atoms with Gasteiger partial charge in [-0.15, -0.1) is 0 Å². The normalized spacial score (nSPS) is 11.7. The van der Waals surface area contributed by atoms with Crippen LogP contribution < -0.4 is 9.44 Å². The molecule has 3 aromatic carbocycles. The van der Waals surface area contributed by atoms with E-state index in [4.69, 9.17) is 11.6 Å². The standard InChI is InChI=1S/C19H16ClN3O6S2/c1-13-16(20)5-4-6-17(13)22-30(26,27)15-11-9-14(10-12-15)21-31(28,29)19-8-3-2-7-18(19)23(24)25/h2-12,21-22H,1H3. The van der Waals surface area contributed by atoms with E-state index in [-0.39, 0.29) is 10.6 Å². The minimum absolute atomic E-state index is 0.0380. The molecule has 0 aromatic heterocycles. The van der Waals surface area contributed by atoms with Crippen molar-refractivity contribution in [1.82, 2.24) is 0 Å². The number of sulfonamides is 2. The van der Waals surface area contributed by atoms with Crippen LogP contribution in [0.2, 0.25) is 5.02 Å². The largest absolute Gasteiger partial charge is 0.289 e. The Hall–Kier alpha value is -3.15. The van der Waals surface area contributed by atoms with Gasteiger partial charge in [0, 0.05) is 16.8 Å². The number of nitro groups is 1. The maximum atomic E-state index is 12.6. The van der Waals surface area contributed by atoms with Crippen molar-refractivity contribution in [2.24, 2.45) is 0 Å². The van der Waals surface area contributed by atoms with E-state index in [9.17, 15) is 26.9 Å². The first-order valence-electron chi connectivity index (χ1n) is 8.65. The van der Waals surface area contributed by atoms with Gasteiger partial charge in [-0.3, -0.25) is 19.6 Å². The predicted molar refractivity (Wildman–Crippen MR) is 117 cm³/mol. The zero-order valence-corrected chi connectivity index (χ0v) is 18.3. The average Bonchev–Trinajstić information content (AvgIpc) is 2.71. The molecule has 0 heterocycles. The van der Waals surface area contributed by atoms with E-state index < -0.39 is 35.6 Å². The van der Waals surface area contributed by atoms with Gasteiger partial charge in [0.25, 0.3) is 25.7 Å². The highest BCUT2D eigenvalue weighted by Gasteiger charge is 2.25. The molecule has 2 N–H and O–H groups in total. The lowest BCUT2D eigenvalue weighted by atomic mass is 10.2. The molecule has 31 heavy (non-hydrogen) atoms. The van der Waals surface area contributed by atoms with Crippen LogP contribution in [0.25, 0.3) is 0 Å². The molecule has 0 spiro atoms. The SMILES string of the molecule is Cc1c(Cl)cccc1NS(=O)(=O)c1ccc(NS(=O)(=O)c2ccccc2[N+](=O)[O-])cc1. The van der Waals surface area contributed by atoms with Gasteiger partial charge in [0.15, 0.2) is 4.90 Å². The van der Waals surface area contributed by atoms with Crippen LogP contribution in [0.3, 0.4) is 0 Å². The number of nitrogens with one attached hydrogen (secondary N) is 2. The number of rotatable bonds is 7. The lowest BCUT2D eigenvalue weighted by molar-refractivity contribution is -0.387. The topological polar surface area (TPSA) is 135 Å². The summed E-state index contributed by atoms with van der Waals surface area (Å²) in [6, 6.07) is 14.6. The molecule has 3 rings (SSSR count). The number of hydrogen-bond donors (Lipinski definition) is 2. The fraction of sp³-hybridized carbons (Fsp3) is 0.0526. The third-order valence-corrected chi connectivity index (χ3v) is 7.50. The Balaban J connectivity index is 1.85. The van der Waals surface area contributed by atoms with Crippen LogP contribution in [-0.4, -0.2) is 21.8 Å². The van der Waals surface area contributed by atoms with E-state index in [0.29, 0.717) is 16.3 Å². The Kier molecular flexibility index (Phi) is 6.20. The van der Waals surface area contributed by atoms with Gasteiger partial charge in [0.1, 0.15) is 0 Å². The second-order valence-corrected chi connectivity index (χ2v) is 10.1. The van der Waals surface area contributed by atoms with E-state index in [1.807, 2.05) is 0 Å². The van der Waals surface area contributed by atoms with Gasteiger partial charge in [-0.25, -0.2) is 16.8 Å². The third kappa shape index (κ3) is 4.95. The average molecular weight is 482 g/mol. The maximum Gasteiger partial charge on any atom is 0.289 e. The minimum Gasteiger partial charge on any atom is -0.279 e. The summed E-state index contributed by atoms with van der Waals surface area (Å²) in [5.74, 6) is 0. The molecule has 162 valence electrons. The molecule has 0 unspecified atom stereocenters. The molecule has 0 radical (unpaired) electrons. The molecular formula is C19H16ClN3O6S2. The van der Waals surface area contributed by atoms with E-state index in [0.717, 1.165) is 12.1 Å². The van der Waals surface area contributed by atoms with Crippen LogP contribution in [0.15, 0.2) is 76.5 Å². The smallest absolute Gasteiger partial charge is 0.279 e. The number of para-hydroxylation sites is 1. The van der Waals surface area contributed by atoms with E-state index in [1.54, 1.807) is 25.1 Å². The molecular weight excluding hydrogens is 466 g/mol. The molecule has 0 bridgehead atoms. The van der Waals surface area contributed by atoms with Crippen molar-refractivity contribution < 1.29 is 21.8 Å². The van der Waals surface area contributed by atoms with E-state index in [1.165, 1.54) is 36.4 Å². The van der Waals surface area contributed by atoms with E-state index >= 15 is 0 Å². The van der Waals surface area contributed by atoms with Crippen molar-refractivity contribution in [1.29, 1.82) is 0 Å². The molecule has 0 aliphatic rings. The fourth-order valence-corrected chi connectivity index (χ4v) is 5.20. The second-order valence-electron chi connectivity index (χ2n) is 6.37. The van der Waals surface area contributed by atoms with Crippen molar-refractivity contribution in [3.05, 3.63) is 87.4 Å². The number of halogens is 1. The van der Waals surface area contributed by atoms with Gasteiger partial charge in [-0.1, -0.05) is 29.8 Å². The van der Waals surface area contributed by atoms with Gasteiger partial charge >= 0.3 is 0 Å². The summed E-state index contributed by atoms with van der Waals surface area (Å²) in [4.78, 5) is 9.69. The van der Waals surface area contributed by atoms with Crippen LogP contribution in [0, 0.1) is 17.0 Å². The van der Waals surface area contributed by atoms with E-state index in [2.05, 4.69) is 9.44 Å². The van der Waals surface area contributed by atoms with Crippen LogP contribution in [0.5, 0.6) is 0 Å². The molecule has 0 atom stereocenters. The Morgan fingerprint density at radius 3 is 2.13 bits per heavy atom. The number of nitro benzene ring substituents is 1. The highest BCUT2D eigenvalue weighted by molar-refractivity contribution is 7.93. The molecule has 0 saturated heterocycles. The highest BCUT2D eigenvalue weighted by atomic mass is 35.5. The van der Waals surface area contributed by atoms with Gasteiger partial charge < -0.3 is 0 Å².